The van der Waals surface area contributed by atoms with Gasteiger partial charge in [0.15, 0.2) is 0 Å². The van der Waals surface area contributed by atoms with E-state index >= 15 is 0 Å². The maximum absolute atomic E-state index is 5.54. The number of aryl methyl sites for hydroxylation is 1. The zero-order chi connectivity index (χ0) is 20.8. The molecule has 1 aromatic carbocycles. The number of likely N-dealkylation sites (tertiary alicyclic amines) is 1. The fourth-order valence-electron chi connectivity index (χ4n) is 5.88. The van der Waals surface area contributed by atoms with Crippen LogP contribution in [0.1, 0.15) is 25.7 Å². The average molecular weight is 419 g/mol. The molecule has 6 rings (SSSR count). The summed E-state index contributed by atoms with van der Waals surface area (Å²) in [6.45, 7) is 4.39. The van der Waals surface area contributed by atoms with Crippen LogP contribution in [0.15, 0.2) is 36.5 Å². The first-order chi connectivity index (χ1) is 15.2. The number of nitrogens with one attached hydrogen (secondary N) is 1. The molecule has 4 heterocycles. The molecular weight excluding hydrogens is 388 g/mol. The number of nitrogens with zero attached hydrogens (tertiary/aromatic N) is 5. The van der Waals surface area contributed by atoms with Gasteiger partial charge in [0.05, 0.1) is 11.2 Å². The van der Waals surface area contributed by atoms with E-state index in [1.807, 2.05) is 24.0 Å². The minimum absolute atomic E-state index is 0.513. The molecule has 0 unspecified atom stereocenters. The highest BCUT2D eigenvalue weighted by atomic mass is 16.5. The third-order valence-corrected chi connectivity index (χ3v) is 7.42. The van der Waals surface area contributed by atoms with Gasteiger partial charge in [-0.05, 0) is 61.8 Å². The Kier molecular flexibility index (Phi) is 4.88. The van der Waals surface area contributed by atoms with E-state index < -0.39 is 0 Å². The highest BCUT2D eigenvalue weighted by Gasteiger charge is 2.42. The summed E-state index contributed by atoms with van der Waals surface area (Å²) in [4.78, 5) is 2.74. The summed E-state index contributed by atoms with van der Waals surface area (Å²) in [5, 5.41) is 18.2. The topological polar surface area (TPSA) is 68.1 Å². The Morgan fingerprint density at radius 3 is 2.55 bits per heavy atom. The quantitative estimate of drug-likeness (QED) is 0.701. The van der Waals surface area contributed by atoms with Crippen molar-refractivity contribution in [3.05, 3.63) is 36.5 Å². The van der Waals surface area contributed by atoms with Gasteiger partial charge in [-0.3, -0.25) is 9.58 Å². The molecule has 7 nitrogen and oxygen atoms in total. The van der Waals surface area contributed by atoms with Gasteiger partial charge < -0.3 is 10.1 Å². The van der Waals surface area contributed by atoms with E-state index in [1.165, 1.54) is 38.8 Å². The fraction of sp³-hybridized carbons (Fsp3) is 0.542. The molecule has 1 aliphatic carbocycles. The van der Waals surface area contributed by atoms with Crippen molar-refractivity contribution in [2.75, 3.05) is 31.6 Å². The number of rotatable bonds is 4. The van der Waals surface area contributed by atoms with Gasteiger partial charge in [0.25, 0.3) is 0 Å². The molecule has 3 fully saturated rings. The molecule has 0 bridgehead atoms. The van der Waals surface area contributed by atoms with Gasteiger partial charge in [0.2, 0.25) is 0 Å². The van der Waals surface area contributed by atoms with Crippen LogP contribution in [-0.4, -0.2) is 63.3 Å². The second-order valence-electron chi connectivity index (χ2n) is 9.51. The maximum atomic E-state index is 5.54. The van der Waals surface area contributed by atoms with Crippen molar-refractivity contribution in [3.8, 4) is 11.3 Å². The molecule has 31 heavy (non-hydrogen) atoms. The van der Waals surface area contributed by atoms with E-state index in [1.54, 1.807) is 0 Å². The zero-order valence-electron chi connectivity index (χ0n) is 18.1. The molecule has 162 valence electrons. The number of ether oxygens (including phenoxy) is 1. The molecule has 2 saturated heterocycles. The van der Waals surface area contributed by atoms with Crippen LogP contribution in [0.5, 0.6) is 0 Å². The second kappa shape index (κ2) is 7.88. The van der Waals surface area contributed by atoms with Crippen molar-refractivity contribution in [1.29, 1.82) is 0 Å². The molecule has 1 N–H and O–H groups in total. The molecule has 7 heteroatoms. The molecular formula is C24H30N6O. The van der Waals surface area contributed by atoms with Crippen LogP contribution in [0.25, 0.3) is 22.2 Å². The van der Waals surface area contributed by atoms with Gasteiger partial charge in [-0.1, -0.05) is 6.07 Å². The minimum atomic E-state index is 0.513. The van der Waals surface area contributed by atoms with E-state index in [2.05, 4.69) is 49.8 Å². The Balaban J connectivity index is 1.07. The summed E-state index contributed by atoms with van der Waals surface area (Å²) >= 11 is 0. The third kappa shape index (κ3) is 3.81. The Bertz CT molecular complexity index is 1040. The Labute approximate surface area is 182 Å². The molecule has 0 radical (unpaired) electrons. The summed E-state index contributed by atoms with van der Waals surface area (Å²) in [5.41, 5.74) is 2.97. The molecule has 0 spiro atoms. The highest BCUT2D eigenvalue weighted by molar-refractivity contribution is 5.83. The average Bonchev–Trinajstić information content (AvgIpc) is 3.46. The van der Waals surface area contributed by atoms with Gasteiger partial charge in [-0.2, -0.15) is 5.10 Å². The number of benzene rings is 1. The SMILES string of the molecule is Cn1cc2cc(-c3ccc(NC4C[C@@H]5CN(C6CCOCC6)C[C@H]5C4)nn3)ccc2n1. The number of hydrogen-bond donors (Lipinski definition) is 1. The number of aromatic nitrogens is 4. The van der Waals surface area contributed by atoms with E-state index in [4.69, 9.17) is 4.74 Å². The van der Waals surface area contributed by atoms with Crippen molar-refractivity contribution >= 4 is 16.7 Å². The largest absolute Gasteiger partial charge is 0.381 e. The van der Waals surface area contributed by atoms with Crippen molar-refractivity contribution in [3.63, 3.8) is 0 Å². The lowest BCUT2D eigenvalue weighted by atomic mass is 10.0. The van der Waals surface area contributed by atoms with Crippen LogP contribution >= 0.6 is 0 Å². The minimum Gasteiger partial charge on any atom is -0.381 e. The molecule has 2 aliphatic heterocycles. The fourth-order valence-corrected chi connectivity index (χ4v) is 5.88. The van der Waals surface area contributed by atoms with Crippen LogP contribution in [-0.2, 0) is 11.8 Å². The van der Waals surface area contributed by atoms with Crippen LogP contribution in [0.4, 0.5) is 5.82 Å². The molecule has 3 aromatic rings. The standard InChI is InChI=1S/C24H30N6O/c1-29-13-19-10-16(2-3-23(19)28-29)22-4-5-24(27-26-22)25-20-11-17-14-30(15-18(17)12-20)21-6-8-31-9-7-21/h2-5,10,13,17-18,20-21H,6-9,11-12,14-15H2,1H3,(H,25,27)/t17-,18-/m1/s1. The summed E-state index contributed by atoms with van der Waals surface area (Å²) in [6.07, 6.45) is 6.92. The Morgan fingerprint density at radius 1 is 1.00 bits per heavy atom. The maximum Gasteiger partial charge on any atom is 0.148 e. The monoisotopic (exact) mass is 418 g/mol. The summed E-state index contributed by atoms with van der Waals surface area (Å²) in [5.74, 6) is 2.52. The van der Waals surface area contributed by atoms with Crippen molar-refractivity contribution in [1.82, 2.24) is 24.9 Å². The lowest BCUT2D eigenvalue weighted by Crippen LogP contribution is -2.39. The molecule has 1 saturated carbocycles. The van der Waals surface area contributed by atoms with E-state index in [0.29, 0.717) is 6.04 Å². The molecule has 3 aliphatic rings. The molecule has 2 aromatic heterocycles. The highest BCUT2D eigenvalue weighted by Crippen LogP contribution is 2.40. The van der Waals surface area contributed by atoms with Gasteiger partial charge in [-0.25, -0.2) is 0 Å². The van der Waals surface area contributed by atoms with Crippen molar-refractivity contribution < 1.29 is 4.74 Å². The normalized spacial score (nSPS) is 25.3. The van der Waals surface area contributed by atoms with Crippen molar-refractivity contribution in [2.24, 2.45) is 18.9 Å². The zero-order valence-corrected chi connectivity index (χ0v) is 18.1. The van der Waals surface area contributed by atoms with E-state index in [0.717, 1.165) is 59.1 Å². The summed E-state index contributed by atoms with van der Waals surface area (Å²) in [6, 6.07) is 11.6. The number of anilines is 1. The van der Waals surface area contributed by atoms with E-state index in [-0.39, 0.29) is 0 Å². The van der Waals surface area contributed by atoms with Gasteiger partial charge in [-0.15, -0.1) is 10.2 Å². The number of hydrogen-bond acceptors (Lipinski definition) is 6. The van der Waals surface area contributed by atoms with E-state index in [9.17, 15) is 0 Å². The Hall–Kier alpha value is -2.51. The predicted octanol–water partition coefficient (Wildman–Crippen LogP) is 3.33. The summed E-state index contributed by atoms with van der Waals surface area (Å²) < 4.78 is 7.38. The lowest BCUT2D eigenvalue weighted by molar-refractivity contribution is 0.0396. The van der Waals surface area contributed by atoms with Crippen LogP contribution < -0.4 is 5.32 Å². The molecule has 2 atom stereocenters. The summed E-state index contributed by atoms with van der Waals surface area (Å²) in [7, 11) is 1.94. The Morgan fingerprint density at radius 2 is 1.81 bits per heavy atom. The first kappa shape index (κ1) is 19.2. The van der Waals surface area contributed by atoms with Gasteiger partial charge in [0.1, 0.15) is 5.82 Å². The first-order valence-electron chi connectivity index (χ1n) is 11.6. The number of fused-ring (bicyclic) bond motifs is 2. The smallest absolute Gasteiger partial charge is 0.148 e. The van der Waals surface area contributed by atoms with Crippen molar-refractivity contribution in [2.45, 2.75) is 37.8 Å². The van der Waals surface area contributed by atoms with Crippen LogP contribution in [0.3, 0.4) is 0 Å². The lowest BCUT2D eigenvalue weighted by Gasteiger charge is -2.32. The second-order valence-corrected chi connectivity index (χ2v) is 9.51. The van der Waals surface area contributed by atoms with Gasteiger partial charge >= 0.3 is 0 Å². The van der Waals surface area contributed by atoms with Gasteiger partial charge in [0, 0.05) is 62.6 Å². The third-order valence-electron chi connectivity index (χ3n) is 7.42. The van der Waals surface area contributed by atoms with Crippen LogP contribution in [0, 0.1) is 11.8 Å². The predicted molar refractivity (Wildman–Crippen MR) is 121 cm³/mol. The van der Waals surface area contributed by atoms with Crippen LogP contribution in [0.2, 0.25) is 0 Å². The molecule has 0 amide bonds. The first-order valence-corrected chi connectivity index (χ1v) is 11.6.